The second-order valence-corrected chi connectivity index (χ2v) is 3.73. The molecule has 0 amide bonds. The minimum Gasteiger partial charge on any atom is -0.507 e. The van der Waals surface area contributed by atoms with Gasteiger partial charge in [-0.2, -0.15) is 0 Å². The van der Waals surface area contributed by atoms with Crippen LogP contribution in [-0.2, 0) is 0 Å². The summed E-state index contributed by atoms with van der Waals surface area (Å²) in [6.45, 7) is 0. The van der Waals surface area contributed by atoms with Gasteiger partial charge >= 0.3 is 0 Å². The number of phenols is 1. The summed E-state index contributed by atoms with van der Waals surface area (Å²) < 4.78 is 13.4. The van der Waals surface area contributed by atoms with Gasteiger partial charge in [-0.05, 0) is 28.1 Å². The van der Waals surface area contributed by atoms with Gasteiger partial charge in [-0.3, -0.25) is 4.79 Å². The Balaban J connectivity index is 3.33. The number of phenolic OH excluding ortho intramolecular Hbond substituents is 1. The number of alkyl halides is 1. The van der Waals surface area contributed by atoms with E-state index in [0.717, 1.165) is 0 Å². The first-order valence-corrected chi connectivity index (χ1v) is 5.25. The fourth-order valence-corrected chi connectivity index (χ4v) is 1.48. The molecule has 1 aromatic rings. The molecule has 0 spiro atoms. The number of hydrogen-bond donors (Lipinski definition) is 1. The van der Waals surface area contributed by atoms with Crippen molar-refractivity contribution in [1.82, 2.24) is 0 Å². The average Bonchev–Trinajstić information content (AvgIpc) is 2.12. The molecule has 5 heteroatoms. The predicted octanol–water partition coefficient (Wildman–Crippen LogP) is 2.87. The van der Waals surface area contributed by atoms with Crippen LogP contribution in [0, 0.1) is 5.82 Å². The SMILES string of the molecule is O=C(CBr)c1c(O)ccc(Br)c1F. The first-order chi connectivity index (χ1) is 6.07. The van der Waals surface area contributed by atoms with E-state index in [-0.39, 0.29) is 21.1 Å². The highest BCUT2D eigenvalue weighted by Gasteiger charge is 2.17. The van der Waals surface area contributed by atoms with E-state index in [9.17, 15) is 14.3 Å². The van der Waals surface area contributed by atoms with Crippen LogP contribution in [0.4, 0.5) is 4.39 Å². The van der Waals surface area contributed by atoms with Crippen LogP contribution in [0.1, 0.15) is 10.4 Å². The molecule has 0 saturated heterocycles. The highest BCUT2D eigenvalue weighted by molar-refractivity contribution is 9.10. The number of ketones is 1. The van der Waals surface area contributed by atoms with Gasteiger partial charge in [0, 0.05) is 0 Å². The number of hydrogen-bond acceptors (Lipinski definition) is 2. The van der Waals surface area contributed by atoms with Gasteiger partial charge in [-0.15, -0.1) is 0 Å². The van der Waals surface area contributed by atoms with Crippen LogP contribution < -0.4 is 0 Å². The third kappa shape index (κ3) is 2.08. The van der Waals surface area contributed by atoms with Crippen molar-refractivity contribution in [3.63, 3.8) is 0 Å². The van der Waals surface area contributed by atoms with E-state index >= 15 is 0 Å². The minimum atomic E-state index is -0.732. The van der Waals surface area contributed by atoms with Gasteiger partial charge in [-0.25, -0.2) is 4.39 Å². The van der Waals surface area contributed by atoms with Crippen molar-refractivity contribution in [2.75, 3.05) is 5.33 Å². The molecule has 0 atom stereocenters. The Morgan fingerprint density at radius 1 is 1.54 bits per heavy atom. The second kappa shape index (κ2) is 4.19. The summed E-state index contributed by atoms with van der Waals surface area (Å²) in [5.41, 5.74) is -0.286. The summed E-state index contributed by atoms with van der Waals surface area (Å²) >= 11 is 5.83. The Morgan fingerprint density at radius 3 is 2.69 bits per heavy atom. The average molecular weight is 312 g/mol. The van der Waals surface area contributed by atoms with E-state index in [1.807, 2.05) is 0 Å². The quantitative estimate of drug-likeness (QED) is 0.673. The minimum absolute atomic E-state index is 0.0199. The summed E-state index contributed by atoms with van der Waals surface area (Å²) in [6.07, 6.45) is 0. The maximum absolute atomic E-state index is 13.3. The third-order valence-corrected chi connectivity index (χ3v) is 2.59. The first-order valence-electron chi connectivity index (χ1n) is 3.34. The molecule has 0 aromatic heterocycles. The van der Waals surface area contributed by atoms with Gasteiger partial charge in [0.15, 0.2) is 11.6 Å². The van der Waals surface area contributed by atoms with Crippen LogP contribution in [0.5, 0.6) is 5.75 Å². The monoisotopic (exact) mass is 310 g/mol. The fourth-order valence-electron chi connectivity index (χ4n) is 0.873. The van der Waals surface area contributed by atoms with Crippen LogP contribution in [0.25, 0.3) is 0 Å². The standard InChI is InChI=1S/C8H5Br2FO2/c9-3-6(13)7-5(12)2-1-4(10)8(7)11/h1-2,12H,3H2. The van der Waals surface area contributed by atoms with E-state index in [0.29, 0.717) is 0 Å². The molecule has 1 rings (SSSR count). The molecular formula is C8H5Br2FO2. The van der Waals surface area contributed by atoms with Crippen LogP contribution in [0.3, 0.4) is 0 Å². The maximum atomic E-state index is 13.3. The summed E-state index contributed by atoms with van der Waals surface area (Å²) in [6, 6.07) is 2.61. The van der Waals surface area contributed by atoms with Crippen LogP contribution >= 0.6 is 31.9 Å². The number of aromatic hydroxyl groups is 1. The highest BCUT2D eigenvalue weighted by atomic mass is 79.9. The van der Waals surface area contributed by atoms with Gasteiger partial charge in [0.1, 0.15) is 5.75 Å². The summed E-state index contributed by atoms with van der Waals surface area (Å²) in [4.78, 5) is 11.1. The molecular weight excluding hydrogens is 307 g/mol. The van der Waals surface area contributed by atoms with E-state index in [4.69, 9.17) is 0 Å². The highest BCUT2D eigenvalue weighted by Crippen LogP contribution is 2.27. The lowest BCUT2D eigenvalue weighted by atomic mass is 10.1. The molecule has 1 aromatic carbocycles. The largest absolute Gasteiger partial charge is 0.507 e. The van der Waals surface area contributed by atoms with Gasteiger partial charge in [0.25, 0.3) is 0 Å². The number of carbonyl (C=O) groups excluding carboxylic acids is 1. The molecule has 0 heterocycles. The Kier molecular flexibility index (Phi) is 3.44. The zero-order chi connectivity index (χ0) is 10.0. The maximum Gasteiger partial charge on any atom is 0.180 e. The molecule has 0 aliphatic rings. The van der Waals surface area contributed by atoms with Crippen LogP contribution in [0.2, 0.25) is 0 Å². The second-order valence-electron chi connectivity index (χ2n) is 2.31. The fraction of sp³-hybridized carbons (Fsp3) is 0.125. The molecule has 0 bridgehead atoms. The van der Waals surface area contributed by atoms with Crippen molar-refractivity contribution >= 4 is 37.6 Å². The third-order valence-electron chi connectivity index (χ3n) is 1.47. The molecule has 0 radical (unpaired) electrons. The molecule has 70 valence electrons. The number of halogens is 3. The Labute approximate surface area is 91.0 Å². The van der Waals surface area contributed by atoms with Gasteiger partial charge in [-0.1, -0.05) is 15.9 Å². The zero-order valence-electron chi connectivity index (χ0n) is 6.35. The number of rotatable bonds is 2. The van der Waals surface area contributed by atoms with Crippen molar-refractivity contribution in [2.45, 2.75) is 0 Å². The molecule has 13 heavy (non-hydrogen) atoms. The number of carbonyl (C=O) groups is 1. The number of Topliss-reactive ketones (excluding diaryl/α,β-unsaturated/α-hetero) is 1. The van der Waals surface area contributed by atoms with Crippen molar-refractivity contribution in [2.24, 2.45) is 0 Å². The Bertz CT molecular complexity index is 352. The van der Waals surface area contributed by atoms with Crippen molar-refractivity contribution in [3.05, 3.63) is 28.0 Å². The Morgan fingerprint density at radius 2 is 2.15 bits per heavy atom. The lowest BCUT2D eigenvalue weighted by Gasteiger charge is -2.04. The van der Waals surface area contributed by atoms with E-state index in [1.165, 1.54) is 12.1 Å². The van der Waals surface area contributed by atoms with Gasteiger partial charge in [0.2, 0.25) is 0 Å². The smallest absolute Gasteiger partial charge is 0.180 e. The lowest BCUT2D eigenvalue weighted by Crippen LogP contribution is -2.04. The molecule has 2 nitrogen and oxygen atoms in total. The van der Waals surface area contributed by atoms with Gasteiger partial charge < -0.3 is 5.11 Å². The van der Waals surface area contributed by atoms with Gasteiger partial charge in [0.05, 0.1) is 15.4 Å². The van der Waals surface area contributed by atoms with Crippen molar-refractivity contribution in [3.8, 4) is 5.75 Å². The van der Waals surface area contributed by atoms with E-state index in [1.54, 1.807) is 0 Å². The summed E-state index contributed by atoms with van der Waals surface area (Å²) in [5.74, 6) is -1.56. The molecule has 0 fully saturated rings. The van der Waals surface area contributed by atoms with Crippen molar-refractivity contribution in [1.29, 1.82) is 0 Å². The predicted molar refractivity (Wildman–Crippen MR) is 53.9 cm³/mol. The Hall–Kier alpha value is -0.420. The first kappa shape index (κ1) is 10.7. The molecule has 0 unspecified atom stereocenters. The summed E-state index contributed by atoms with van der Waals surface area (Å²) in [7, 11) is 0. The molecule has 0 aliphatic carbocycles. The van der Waals surface area contributed by atoms with Crippen molar-refractivity contribution < 1.29 is 14.3 Å². The zero-order valence-corrected chi connectivity index (χ0v) is 9.52. The number of benzene rings is 1. The lowest BCUT2D eigenvalue weighted by molar-refractivity contribution is 0.101. The molecule has 0 saturated carbocycles. The van der Waals surface area contributed by atoms with E-state index in [2.05, 4.69) is 31.9 Å². The van der Waals surface area contributed by atoms with Crippen LogP contribution in [-0.4, -0.2) is 16.2 Å². The normalized spacial score (nSPS) is 10.1. The summed E-state index contributed by atoms with van der Waals surface area (Å²) in [5, 5.41) is 9.19. The van der Waals surface area contributed by atoms with Crippen LogP contribution in [0.15, 0.2) is 16.6 Å². The molecule has 0 aliphatic heterocycles. The molecule has 1 N–H and O–H groups in total. The van der Waals surface area contributed by atoms with E-state index < -0.39 is 11.6 Å². The topological polar surface area (TPSA) is 37.3 Å².